The van der Waals surface area contributed by atoms with Crippen LogP contribution in [0.2, 0.25) is 0 Å². The van der Waals surface area contributed by atoms with Crippen LogP contribution in [0.1, 0.15) is 75.3 Å². The number of H-pyrrole nitrogens is 1. The second kappa shape index (κ2) is 14.7. The van der Waals surface area contributed by atoms with Gasteiger partial charge in [0.15, 0.2) is 6.10 Å². The highest BCUT2D eigenvalue weighted by Crippen LogP contribution is 2.68. The first-order chi connectivity index (χ1) is 29.5. The second-order valence-electron chi connectivity index (χ2n) is 19.3. The van der Waals surface area contributed by atoms with Crippen molar-refractivity contribution in [1.29, 1.82) is 0 Å². The van der Waals surface area contributed by atoms with Crippen molar-refractivity contribution in [1.82, 2.24) is 14.8 Å². The lowest BCUT2D eigenvalue weighted by Gasteiger charge is -2.63. The van der Waals surface area contributed by atoms with E-state index in [9.17, 15) is 19.8 Å². The molecule has 1 spiro atoms. The number of aromatic amines is 1. The molecule has 6 aliphatic rings. The highest BCUT2D eigenvalue weighted by molar-refractivity contribution is 5.96. The number of piperidine rings is 1. The number of hydrogen-bond donors (Lipinski definition) is 3. The summed E-state index contributed by atoms with van der Waals surface area (Å²) in [6.07, 6.45) is 5.88. The maximum atomic E-state index is 15.5. The van der Waals surface area contributed by atoms with Crippen molar-refractivity contribution >= 4 is 40.2 Å². The Kier molecular flexibility index (Phi) is 10.1. The van der Waals surface area contributed by atoms with Gasteiger partial charge in [-0.3, -0.25) is 19.4 Å². The van der Waals surface area contributed by atoms with Crippen LogP contribution in [0.15, 0.2) is 42.5 Å². The standard InChI is InChI=1S/C48H63N5O9/c1-10-44(57)24-29-25-47(42(55)60-8,38-31(15-19-52(26-29)27-44)32-21-30(50(4)5)13-14-35(32)49-38)34-22-33-36(23-37(34)59-7)51(6)40-46(33)17-20-53-18-12-16-45(11-2,39(46)53)41(62-28(3)54)48(40,58)43(56)61-9/h12-14,16,21-23,29,39-41,49,57-58H,10-11,15,17-20,24-27H2,1-9H3/t29-,39+,40?,41-,44+,45-,46-,47+,48+/m1/s1. The summed E-state index contributed by atoms with van der Waals surface area (Å²) < 4.78 is 24.1. The van der Waals surface area contributed by atoms with E-state index in [1.54, 1.807) is 7.11 Å². The fourth-order valence-corrected chi connectivity index (χ4v) is 13.8. The van der Waals surface area contributed by atoms with Gasteiger partial charge >= 0.3 is 17.9 Å². The topological polar surface area (TPSA) is 157 Å². The van der Waals surface area contributed by atoms with Crippen molar-refractivity contribution in [2.75, 3.05) is 85.0 Å². The molecule has 3 aromatic rings. The maximum Gasteiger partial charge on any atom is 0.344 e. The molecule has 5 aliphatic heterocycles. The van der Waals surface area contributed by atoms with Crippen molar-refractivity contribution in [3.8, 4) is 5.75 Å². The number of aliphatic hydroxyl groups is 2. The van der Waals surface area contributed by atoms with Gasteiger partial charge in [0.2, 0.25) is 5.60 Å². The van der Waals surface area contributed by atoms with Crippen LogP contribution in [0.3, 0.4) is 0 Å². The van der Waals surface area contributed by atoms with Gasteiger partial charge in [-0.15, -0.1) is 0 Å². The first-order valence-corrected chi connectivity index (χ1v) is 22.2. The van der Waals surface area contributed by atoms with Gasteiger partial charge in [0.25, 0.3) is 0 Å². The van der Waals surface area contributed by atoms with E-state index in [1.165, 1.54) is 21.1 Å². The second-order valence-corrected chi connectivity index (χ2v) is 19.3. The minimum atomic E-state index is -2.31. The number of nitrogens with one attached hydrogen (secondary N) is 1. The number of aromatic nitrogens is 1. The van der Waals surface area contributed by atoms with Crippen LogP contribution in [0.25, 0.3) is 10.9 Å². The van der Waals surface area contributed by atoms with E-state index in [2.05, 4.69) is 56.1 Å². The Morgan fingerprint density at radius 3 is 2.37 bits per heavy atom. The number of hydrogen-bond acceptors (Lipinski definition) is 13. The summed E-state index contributed by atoms with van der Waals surface area (Å²) in [6, 6.07) is 9.13. The predicted molar refractivity (Wildman–Crippen MR) is 235 cm³/mol. The molecule has 9 rings (SSSR count). The zero-order valence-corrected chi connectivity index (χ0v) is 37.7. The zero-order chi connectivity index (χ0) is 44.3. The third kappa shape index (κ3) is 5.57. The Bertz CT molecular complexity index is 2360. The molecule has 14 nitrogen and oxygen atoms in total. The quantitative estimate of drug-likeness (QED) is 0.170. The summed E-state index contributed by atoms with van der Waals surface area (Å²) in [5, 5.41) is 26.5. The molecule has 14 heteroatoms. The molecule has 10 atom stereocenters. The molecule has 1 aromatic heterocycles. The molecule has 2 bridgehead atoms. The van der Waals surface area contributed by atoms with E-state index in [1.807, 2.05) is 46.0 Å². The molecule has 2 saturated heterocycles. The molecule has 3 N–H and O–H groups in total. The largest absolute Gasteiger partial charge is 0.496 e. The molecule has 334 valence electrons. The molecule has 1 saturated carbocycles. The number of likely N-dealkylation sites (N-methyl/N-ethyl adjacent to an activating group) is 1. The van der Waals surface area contributed by atoms with Gasteiger partial charge in [0, 0.05) is 111 Å². The fraction of sp³-hybridized carbons (Fsp3) is 0.604. The lowest BCUT2D eigenvalue weighted by Crippen LogP contribution is -2.81. The Labute approximate surface area is 364 Å². The summed E-state index contributed by atoms with van der Waals surface area (Å²) in [7, 11) is 10.2. The van der Waals surface area contributed by atoms with E-state index < -0.39 is 57.5 Å². The molecular formula is C48H63N5O9. The SMILES string of the molecule is CC[C@]1(O)C[C@H]2CN(CCc3c([nH]c4ccc(N(C)C)cc34)[C@@](C(=O)OC)(c3cc4c(cc3OC)N(C)C3[C@]45CCN4CC=C[C@@](CC)([C@@H](OC(C)=O)[C@]3(O)C(=O)OC)[C@H]45)C2)C1. The Morgan fingerprint density at radius 2 is 1.71 bits per heavy atom. The van der Waals surface area contributed by atoms with Crippen LogP contribution >= 0.6 is 0 Å². The number of ether oxygens (including phenoxy) is 4. The summed E-state index contributed by atoms with van der Waals surface area (Å²) >= 11 is 0. The van der Waals surface area contributed by atoms with Crippen LogP contribution in [-0.4, -0.2) is 147 Å². The average Bonchev–Trinajstić information content (AvgIpc) is 3.92. The lowest BCUT2D eigenvalue weighted by atomic mass is 9.47. The van der Waals surface area contributed by atoms with E-state index in [4.69, 9.17) is 18.9 Å². The van der Waals surface area contributed by atoms with Crippen LogP contribution in [-0.2, 0) is 45.8 Å². The van der Waals surface area contributed by atoms with Crippen molar-refractivity contribution < 1.29 is 43.5 Å². The number of fused-ring (bicyclic) bond motifs is 6. The van der Waals surface area contributed by atoms with Crippen molar-refractivity contribution in [3.05, 3.63) is 64.9 Å². The Hall–Kier alpha value is -4.63. The van der Waals surface area contributed by atoms with Crippen molar-refractivity contribution in [2.24, 2.45) is 11.3 Å². The monoisotopic (exact) mass is 853 g/mol. The lowest BCUT2D eigenvalue weighted by molar-refractivity contribution is -0.228. The van der Waals surface area contributed by atoms with Crippen molar-refractivity contribution in [3.63, 3.8) is 0 Å². The van der Waals surface area contributed by atoms with E-state index in [0.29, 0.717) is 82.6 Å². The van der Waals surface area contributed by atoms with Gasteiger partial charge in [-0.05, 0) is 86.4 Å². The molecule has 2 unspecified atom stereocenters. The number of carbonyl (C=O) groups excluding carboxylic acids is 3. The molecule has 6 heterocycles. The van der Waals surface area contributed by atoms with Gasteiger partial charge in [-0.2, -0.15) is 0 Å². The number of methoxy groups -OCH3 is 3. The number of rotatable bonds is 8. The number of anilines is 2. The fourth-order valence-electron chi connectivity index (χ4n) is 13.8. The van der Waals surface area contributed by atoms with Crippen molar-refractivity contribution in [2.45, 2.75) is 99.5 Å². The van der Waals surface area contributed by atoms with Crippen LogP contribution in [0.5, 0.6) is 5.75 Å². The predicted octanol–water partition coefficient (Wildman–Crippen LogP) is 4.06. The smallest absolute Gasteiger partial charge is 0.344 e. The van der Waals surface area contributed by atoms with Gasteiger partial charge in [-0.25, -0.2) is 4.79 Å². The zero-order valence-electron chi connectivity index (χ0n) is 37.7. The Balaban J connectivity index is 1.37. The van der Waals surface area contributed by atoms with Gasteiger partial charge in [0.05, 0.1) is 33.0 Å². The van der Waals surface area contributed by atoms with Gasteiger partial charge in [-0.1, -0.05) is 26.0 Å². The highest BCUT2D eigenvalue weighted by Gasteiger charge is 2.80. The van der Waals surface area contributed by atoms with E-state index in [-0.39, 0.29) is 12.0 Å². The summed E-state index contributed by atoms with van der Waals surface area (Å²) in [5.41, 5.74) is -0.722. The maximum absolute atomic E-state index is 15.5. The Morgan fingerprint density at radius 1 is 0.952 bits per heavy atom. The molecule has 1 aliphatic carbocycles. The third-order valence-electron chi connectivity index (χ3n) is 16.2. The minimum Gasteiger partial charge on any atom is -0.496 e. The van der Waals surface area contributed by atoms with E-state index in [0.717, 1.165) is 39.1 Å². The number of benzene rings is 2. The first kappa shape index (κ1) is 42.7. The summed E-state index contributed by atoms with van der Waals surface area (Å²) in [4.78, 5) is 55.6. The average molecular weight is 854 g/mol. The molecule has 0 radical (unpaired) electrons. The van der Waals surface area contributed by atoms with E-state index >= 15 is 4.79 Å². The molecule has 2 aromatic carbocycles. The third-order valence-corrected chi connectivity index (χ3v) is 16.2. The van der Waals surface area contributed by atoms with Crippen LogP contribution < -0.4 is 14.5 Å². The van der Waals surface area contributed by atoms with Gasteiger partial charge in [0.1, 0.15) is 11.2 Å². The highest BCUT2D eigenvalue weighted by atomic mass is 16.6. The molecule has 3 fully saturated rings. The molecule has 62 heavy (non-hydrogen) atoms. The summed E-state index contributed by atoms with van der Waals surface area (Å²) in [5.74, 6) is -1.60. The number of esters is 3. The normalized spacial score (nSPS) is 35.7. The number of carbonyl (C=O) groups is 3. The van der Waals surface area contributed by atoms with Crippen LogP contribution in [0.4, 0.5) is 11.4 Å². The molecular weight excluding hydrogens is 791 g/mol. The van der Waals surface area contributed by atoms with Gasteiger partial charge < -0.3 is 43.9 Å². The first-order valence-electron chi connectivity index (χ1n) is 22.2. The molecule has 0 amide bonds. The minimum absolute atomic E-state index is 0.115. The van der Waals surface area contributed by atoms with Crippen LogP contribution in [0, 0.1) is 11.3 Å². The summed E-state index contributed by atoms with van der Waals surface area (Å²) in [6.45, 7) is 8.58. The number of nitrogens with zero attached hydrogens (tertiary/aromatic N) is 4.